The molecular weight excluding hydrogens is 226 g/mol. The molecule has 0 radical (unpaired) electrons. The summed E-state index contributed by atoms with van der Waals surface area (Å²) in [4.78, 5) is 11.2. The summed E-state index contributed by atoms with van der Waals surface area (Å²) < 4.78 is 0. The van der Waals surface area contributed by atoms with Crippen LogP contribution in [0.3, 0.4) is 0 Å². The molecule has 0 aliphatic heterocycles. The van der Waals surface area contributed by atoms with E-state index < -0.39 is 0 Å². The predicted molar refractivity (Wildman–Crippen MR) is 73.1 cm³/mol. The van der Waals surface area contributed by atoms with E-state index in [2.05, 4.69) is 33.8 Å². The number of nitro benzene ring substituents is 1. The van der Waals surface area contributed by atoms with Crippen molar-refractivity contribution in [3.63, 3.8) is 0 Å². The van der Waals surface area contributed by atoms with E-state index in [0.717, 1.165) is 29.5 Å². The molecule has 3 heteroatoms. The molecule has 0 N–H and O–H groups in total. The van der Waals surface area contributed by atoms with E-state index in [9.17, 15) is 10.1 Å². The van der Waals surface area contributed by atoms with Gasteiger partial charge in [-0.05, 0) is 36.2 Å². The van der Waals surface area contributed by atoms with Gasteiger partial charge in [0.05, 0.1) is 4.92 Å². The fourth-order valence-electron chi connectivity index (χ4n) is 3.06. The molecular formula is C15H21NO2. The SMILES string of the molecule is Cc1ccc2c(c1[N+](=O)[O-])C(C)(C)CCC2(C)C. The lowest BCUT2D eigenvalue weighted by Crippen LogP contribution is -2.34. The number of fused-ring (bicyclic) bond motifs is 1. The predicted octanol–water partition coefficient (Wildman–Crippen LogP) is 4.25. The Morgan fingerprint density at radius 3 is 2.22 bits per heavy atom. The van der Waals surface area contributed by atoms with Crippen LogP contribution >= 0.6 is 0 Å². The lowest BCUT2D eigenvalue weighted by atomic mass is 9.62. The van der Waals surface area contributed by atoms with Gasteiger partial charge in [-0.25, -0.2) is 0 Å². The molecule has 0 aromatic heterocycles. The monoisotopic (exact) mass is 247 g/mol. The standard InChI is InChI=1S/C15H21NO2/c1-10-6-7-11-12(13(10)16(17)18)15(4,5)9-8-14(11,2)3/h6-7H,8-9H2,1-5H3. The van der Waals surface area contributed by atoms with Crippen molar-refractivity contribution < 1.29 is 4.92 Å². The first-order valence-electron chi connectivity index (χ1n) is 6.46. The summed E-state index contributed by atoms with van der Waals surface area (Å²) in [6.07, 6.45) is 2.07. The second-order valence-corrected chi connectivity index (χ2v) is 6.68. The third-order valence-corrected chi connectivity index (χ3v) is 4.34. The molecule has 1 aromatic carbocycles. The van der Waals surface area contributed by atoms with Gasteiger partial charge in [0.1, 0.15) is 0 Å². The van der Waals surface area contributed by atoms with Crippen LogP contribution in [0.5, 0.6) is 0 Å². The highest BCUT2D eigenvalue weighted by Gasteiger charge is 2.42. The summed E-state index contributed by atoms with van der Waals surface area (Å²) in [6.45, 7) is 10.4. The van der Waals surface area contributed by atoms with Crippen molar-refractivity contribution in [3.8, 4) is 0 Å². The Morgan fingerprint density at radius 2 is 1.67 bits per heavy atom. The summed E-state index contributed by atoms with van der Waals surface area (Å²) >= 11 is 0. The van der Waals surface area contributed by atoms with Crippen LogP contribution in [0.2, 0.25) is 0 Å². The molecule has 1 aromatic rings. The van der Waals surface area contributed by atoms with Crippen LogP contribution in [0, 0.1) is 17.0 Å². The van der Waals surface area contributed by atoms with Crippen LogP contribution in [0.25, 0.3) is 0 Å². The molecule has 0 heterocycles. The van der Waals surface area contributed by atoms with Crippen LogP contribution in [0.4, 0.5) is 5.69 Å². The van der Waals surface area contributed by atoms with Crippen molar-refractivity contribution in [2.75, 3.05) is 0 Å². The van der Waals surface area contributed by atoms with Gasteiger partial charge < -0.3 is 0 Å². The zero-order valence-electron chi connectivity index (χ0n) is 11.8. The smallest absolute Gasteiger partial charge is 0.258 e. The maximum absolute atomic E-state index is 11.4. The highest BCUT2D eigenvalue weighted by molar-refractivity contribution is 5.58. The van der Waals surface area contributed by atoms with Gasteiger partial charge in [0, 0.05) is 11.1 Å². The van der Waals surface area contributed by atoms with Crippen molar-refractivity contribution in [2.45, 2.75) is 58.3 Å². The van der Waals surface area contributed by atoms with Gasteiger partial charge in [0.2, 0.25) is 0 Å². The Hall–Kier alpha value is -1.38. The van der Waals surface area contributed by atoms with E-state index in [1.165, 1.54) is 0 Å². The number of aryl methyl sites for hydroxylation is 1. The second kappa shape index (κ2) is 3.81. The van der Waals surface area contributed by atoms with E-state index >= 15 is 0 Å². The molecule has 0 saturated heterocycles. The average molecular weight is 247 g/mol. The molecule has 0 bridgehead atoms. The summed E-state index contributed by atoms with van der Waals surface area (Å²) in [5, 5.41) is 11.4. The quantitative estimate of drug-likeness (QED) is 0.550. The number of nitrogens with zero attached hydrogens (tertiary/aromatic N) is 1. The largest absolute Gasteiger partial charge is 0.276 e. The highest BCUT2D eigenvalue weighted by Crippen LogP contribution is 2.49. The molecule has 98 valence electrons. The van der Waals surface area contributed by atoms with Gasteiger partial charge in [-0.15, -0.1) is 0 Å². The van der Waals surface area contributed by atoms with Gasteiger partial charge in [0.15, 0.2) is 0 Å². The third-order valence-electron chi connectivity index (χ3n) is 4.34. The minimum absolute atomic E-state index is 0.0311. The van der Waals surface area contributed by atoms with Crippen molar-refractivity contribution in [3.05, 3.63) is 38.9 Å². The molecule has 0 amide bonds. The average Bonchev–Trinajstić information content (AvgIpc) is 2.24. The summed E-state index contributed by atoms with van der Waals surface area (Å²) in [7, 11) is 0. The normalized spacial score (nSPS) is 20.3. The molecule has 18 heavy (non-hydrogen) atoms. The van der Waals surface area contributed by atoms with Crippen LogP contribution < -0.4 is 0 Å². The van der Waals surface area contributed by atoms with Crippen LogP contribution in [0.1, 0.15) is 57.2 Å². The number of hydrogen-bond donors (Lipinski definition) is 0. The van der Waals surface area contributed by atoms with Crippen molar-refractivity contribution in [2.24, 2.45) is 0 Å². The minimum atomic E-state index is -0.211. The first-order chi connectivity index (χ1) is 8.17. The lowest BCUT2D eigenvalue weighted by molar-refractivity contribution is -0.386. The molecule has 0 unspecified atom stereocenters. The van der Waals surface area contributed by atoms with Gasteiger partial charge in [-0.2, -0.15) is 0 Å². The van der Waals surface area contributed by atoms with E-state index in [1.807, 2.05) is 13.0 Å². The fraction of sp³-hybridized carbons (Fsp3) is 0.600. The maximum Gasteiger partial charge on any atom is 0.276 e. The third kappa shape index (κ3) is 1.82. The molecule has 1 aliphatic rings. The van der Waals surface area contributed by atoms with Gasteiger partial charge in [0.25, 0.3) is 5.69 Å². The minimum Gasteiger partial charge on any atom is -0.258 e. The van der Waals surface area contributed by atoms with Gasteiger partial charge in [-0.3, -0.25) is 10.1 Å². The first-order valence-corrected chi connectivity index (χ1v) is 6.46. The topological polar surface area (TPSA) is 43.1 Å². The fourth-order valence-corrected chi connectivity index (χ4v) is 3.06. The number of hydrogen-bond acceptors (Lipinski definition) is 2. The zero-order valence-corrected chi connectivity index (χ0v) is 11.8. The number of rotatable bonds is 1. The molecule has 2 rings (SSSR count). The second-order valence-electron chi connectivity index (χ2n) is 6.68. The highest BCUT2D eigenvalue weighted by atomic mass is 16.6. The zero-order chi connectivity index (χ0) is 13.7. The Morgan fingerprint density at radius 1 is 1.11 bits per heavy atom. The molecule has 3 nitrogen and oxygen atoms in total. The lowest BCUT2D eigenvalue weighted by Gasteiger charge is -2.41. The van der Waals surface area contributed by atoms with Crippen LogP contribution in [-0.4, -0.2) is 4.92 Å². The molecule has 0 fully saturated rings. The first kappa shape index (κ1) is 13.1. The van der Waals surface area contributed by atoms with Crippen molar-refractivity contribution in [1.82, 2.24) is 0 Å². The van der Waals surface area contributed by atoms with Crippen LogP contribution in [0.15, 0.2) is 12.1 Å². The van der Waals surface area contributed by atoms with Gasteiger partial charge >= 0.3 is 0 Å². The van der Waals surface area contributed by atoms with E-state index in [0.29, 0.717) is 5.69 Å². The molecule has 0 atom stereocenters. The molecule has 1 aliphatic carbocycles. The van der Waals surface area contributed by atoms with Crippen molar-refractivity contribution >= 4 is 5.69 Å². The summed E-state index contributed by atoms with van der Waals surface area (Å²) in [5.74, 6) is 0. The number of nitro groups is 1. The van der Waals surface area contributed by atoms with Crippen LogP contribution in [-0.2, 0) is 10.8 Å². The Labute approximate surface area is 108 Å². The van der Waals surface area contributed by atoms with Gasteiger partial charge in [-0.1, -0.05) is 39.8 Å². The summed E-state index contributed by atoms with van der Waals surface area (Å²) in [6, 6.07) is 3.97. The summed E-state index contributed by atoms with van der Waals surface area (Å²) in [5.41, 5.74) is 3.11. The Bertz CT molecular complexity index is 515. The number of benzene rings is 1. The Kier molecular flexibility index (Phi) is 2.76. The van der Waals surface area contributed by atoms with E-state index in [1.54, 1.807) is 0 Å². The maximum atomic E-state index is 11.4. The van der Waals surface area contributed by atoms with Crippen molar-refractivity contribution in [1.29, 1.82) is 0 Å². The van der Waals surface area contributed by atoms with E-state index in [4.69, 9.17) is 0 Å². The molecule has 0 spiro atoms. The molecule has 0 saturated carbocycles. The Balaban J connectivity index is 2.83. The van der Waals surface area contributed by atoms with E-state index in [-0.39, 0.29) is 15.8 Å².